The lowest BCUT2D eigenvalue weighted by Crippen LogP contribution is -2.30. The van der Waals surface area contributed by atoms with Crippen LogP contribution in [0, 0.1) is 18.8 Å². The van der Waals surface area contributed by atoms with E-state index >= 15 is 0 Å². The van der Waals surface area contributed by atoms with Crippen molar-refractivity contribution in [1.29, 1.82) is 0 Å². The van der Waals surface area contributed by atoms with E-state index in [0.29, 0.717) is 13.0 Å². The van der Waals surface area contributed by atoms with Crippen molar-refractivity contribution in [2.75, 3.05) is 32.5 Å². The first-order valence-electron chi connectivity index (χ1n) is 7.77. The Bertz CT molecular complexity index is 542. The molecule has 2 rings (SSSR count). The molecule has 0 bridgehead atoms. The Morgan fingerprint density at radius 2 is 1.95 bits per heavy atom. The van der Waals surface area contributed by atoms with Gasteiger partial charge in [-0.25, -0.2) is 0 Å². The van der Waals surface area contributed by atoms with Gasteiger partial charge in [0.05, 0.1) is 11.8 Å². The van der Waals surface area contributed by atoms with E-state index in [4.69, 9.17) is 0 Å². The third-order valence-corrected chi connectivity index (χ3v) is 3.83. The quantitative estimate of drug-likeness (QED) is 0.753. The molecule has 2 amide bonds. The maximum Gasteiger partial charge on any atom is 0.228 e. The van der Waals surface area contributed by atoms with Gasteiger partial charge in [-0.2, -0.15) is 0 Å². The lowest BCUT2D eigenvalue weighted by molar-refractivity contribution is -0.125. The van der Waals surface area contributed by atoms with Gasteiger partial charge in [0.15, 0.2) is 0 Å². The molecule has 1 fully saturated rings. The standard InChI is InChI=1S/C17H25N3O2/c1-12-6-4-7-13(10-12)19-17(22)15-11-14(15)16(21)18-8-5-9-20(2)3/h4,6-7,10,14-15H,5,8-9,11H2,1-3H3,(H,18,21)(H,19,22). The van der Waals surface area contributed by atoms with Gasteiger partial charge in [-0.15, -0.1) is 0 Å². The van der Waals surface area contributed by atoms with Gasteiger partial charge >= 0.3 is 0 Å². The van der Waals surface area contributed by atoms with E-state index in [9.17, 15) is 9.59 Å². The molecular formula is C17H25N3O2. The highest BCUT2D eigenvalue weighted by atomic mass is 16.2. The zero-order valence-electron chi connectivity index (χ0n) is 13.6. The van der Waals surface area contributed by atoms with E-state index in [2.05, 4.69) is 15.5 Å². The van der Waals surface area contributed by atoms with Crippen molar-refractivity contribution in [2.45, 2.75) is 19.8 Å². The molecule has 2 unspecified atom stereocenters. The van der Waals surface area contributed by atoms with Gasteiger partial charge < -0.3 is 15.5 Å². The normalized spacial score (nSPS) is 19.8. The van der Waals surface area contributed by atoms with Gasteiger partial charge in [-0.1, -0.05) is 12.1 Å². The van der Waals surface area contributed by atoms with Crippen molar-refractivity contribution >= 4 is 17.5 Å². The molecule has 120 valence electrons. The van der Waals surface area contributed by atoms with Crippen LogP contribution in [-0.4, -0.2) is 43.9 Å². The minimum atomic E-state index is -0.186. The van der Waals surface area contributed by atoms with Crippen molar-refractivity contribution in [3.05, 3.63) is 29.8 Å². The second kappa shape index (κ2) is 7.40. The maximum absolute atomic E-state index is 12.1. The Labute approximate surface area is 132 Å². The number of nitrogens with one attached hydrogen (secondary N) is 2. The molecule has 0 aliphatic heterocycles. The Balaban J connectivity index is 1.72. The number of carbonyl (C=O) groups excluding carboxylic acids is 2. The van der Waals surface area contributed by atoms with E-state index in [1.54, 1.807) is 0 Å². The summed E-state index contributed by atoms with van der Waals surface area (Å²) in [6.07, 6.45) is 1.57. The highest BCUT2D eigenvalue weighted by Gasteiger charge is 2.47. The van der Waals surface area contributed by atoms with E-state index in [0.717, 1.165) is 24.2 Å². The molecule has 1 aromatic rings. The Morgan fingerprint density at radius 3 is 2.64 bits per heavy atom. The maximum atomic E-state index is 12.1. The number of hydrogen-bond donors (Lipinski definition) is 2. The molecule has 0 saturated heterocycles. The molecule has 2 atom stereocenters. The number of carbonyl (C=O) groups is 2. The molecule has 1 saturated carbocycles. The number of hydrogen-bond acceptors (Lipinski definition) is 3. The molecule has 1 aliphatic rings. The predicted molar refractivity (Wildman–Crippen MR) is 87.6 cm³/mol. The summed E-state index contributed by atoms with van der Waals surface area (Å²) in [6, 6.07) is 7.68. The zero-order valence-corrected chi connectivity index (χ0v) is 13.6. The first kappa shape index (κ1) is 16.5. The average molecular weight is 303 g/mol. The van der Waals surface area contributed by atoms with Crippen LogP contribution in [0.4, 0.5) is 5.69 Å². The van der Waals surface area contributed by atoms with Crippen molar-refractivity contribution in [2.24, 2.45) is 11.8 Å². The van der Waals surface area contributed by atoms with Crippen LogP contribution in [0.2, 0.25) is 0 Å². The fourth-order valence-electron chi connectivity index (χ4n) is 2.47. The number of aryl methyl sites for hydroxylation is 1. The summed E-state index contributed by atoms with van der Waals surface area (Å²) < 4.78 is 0. The monoisotopic (exact) mass is 303 g/mol. The Kier molecular flexibility index (Phi) is 5.55. The number of amides is 2. The fourth-order valence-corrected chi connectivity index (χ4v) is 2.47. The van der Waals surface area contributed by atoms with Gasteiger partial charge in [0, 0.05) is 12.2 Å². The average Bonchev–Trinajstić information content (AvgIpc) is 3.23. The van der Waals surface area contributed by atoms with Gasteiger partial charge in [0.25, 0.3) is 0 Å². The lowest BCUT2D eigenvalue weighted by atomic mass is 10.2. The van der Waals surface area contributed by atoms with Crippen LogP contribution in [0.3, 0.4) is 0 Å². The number of benzene rings is 1. The molecule has 0 radical (unpaired) electrons. The minimum absolute atomic E-state index is 0.00292. The molecular weight excluding hydrogens is 278 g/mol. The van der Waals surface area contributed by atoms with Crippen LogP contribution in [-0.2, 0) is 9.59 Å². The Hall–Kier alpha value is -1.88. The number of nitrogens with zero attached hydrogens (tertiary/aromatic N) is 1. The highest BCUT2D eigenvalue weighted by Crippen LogP contribution is 2.39. The van der Waals surface area contributed by atoms with Crippen LogP contribution < -0.4 is 10.6 Å². The molecule has 5 heteroatoms. The van der Waals surface area contributed by atoms with Gasteiger partial charge in [-0.3, -0.25) is 9.59 Å². The topological polar surface area (TPSA) is 61.4 Å². The van der Waals surface area contributed by atoms with E-state index in [-0.39, 0.29) is 23.7 Å². The van der Waals surface area contributed by atoms with Crippen molar-refractivity contribution in [3.63, 3.8) is 0 Å². The van der Waals surface area contributed by atoms with Crippen molar-refractivity contribution in [1.82, 2.24) is 10.2 Å². The number of anilines is 1. The van der Waals surface area contributed by atoms with Crippen LogP contribution >= 0.6 is 0 Å². The zero-order chi connectivity index (χ0) is 16.1. The van der Waals surface area contributed by atoms with Crippen molar-refractivity contribution < 1.29 is 9.59 Å². The fraction of sp³-hybridized carbons (Fsp3) is 0.529. The third kappa shape index (κ3) is 4.84. The summed E-state index contributed by atoms with van der Waals surface area (Å²) in [7, 11) is 4.02. The second-order valence-electron chi connectivity index (χ2n) is 6.26. The van der Waals surface area contributed by atoms with E-state index in [1.807, 2.05) is 45.3 Å². The molecule has 1 aliphatic carbocycles. The molecule has 0 heterocycles. The first-order chi connectivity index (χ1) is 10.5. The number of rotatable bonds is 7. The molecule has 5 nitrogen and oxygen atoms in total. The minimum Gasteiger partial charge on any atom is -0.356 e. The summed E-state index contributed by atoms with van der Waals surface area (Å²) in [5, 5.41) is 5.80. The van der Waals surface area contributed by atoms with Crippen LogP contribution in [0.15, 0.2) is 24.3 Å². The smallest absolute Gasteiger partial charge is 0.228 e. The van der Waals surface area contributed by atoms with E-state index < -0.39 is 0 Å². The first-order valence-corrected chi connectivity index (χ1v) is 7.77. The molecule has 2 N–H and O–H groups in total. The van der Waals surface area contributed by atoms with Crippen LogP contribution in [0.1, 0.15) is 18.4 Å². The summed E-state index contributed by atoms with van der Waals surface area (Å²) in [4.78, 5) is 26.2. The SMILES string of the molecule is Cc1cccc(NC(=O)C2CC2C(=O)NCCCN(C)C)c1. The molecule has 22 heavy (non-hydrogen) atoms. The summed E-state index contributed by atoms with van der Waals surface area (Å²) in [6.45, 7) is 3.60. The van der Waals surface area contributed by atoms with Gasteiger partial charge in [-0.05, 0) is 58.1 Å². The molecule has 1 aromatic carbocycles. The van der Waals surface area contributed by atoms with E-state index in [1.165, 1.54) is 0 Å². The van der Waals surface area contributed by atoms with Crippen LogP contribution in [0.25, 0.3) is 0 Å². The summed E-state index contributed by atoms with van der Waals surface area (Å²) >= 11 is 0. The highest BCUT2D eigenvalue weighted by molar-refractivity contribution is 5.99. The summed E-state index contributed by atoms with van der Waals surface area (Å²) in [5.41, 5.74) is 1.89. The van der Waals surface area contributed by atoms with Crippen LogP contribution in [0.5, 0.6) is 0 Å². The largest absolute Gasteiger partial charge is 0.356 e. The molecule has 0 aromatic heterocycles. The second-order valence-corrected chi connectivity index (χ2v) is 6.26. The Morgan fingerprint density at radius 1 is 1.23 bits per heavy atom. The predicted octanol–water partition coefficient (Wildman–Crippen LogP) is 1.64. The third-order valence-electron chi connectivity index (χ3n) is 3.83. The van der Waals surface area contributed by atoms with Gasteiger partial charge in [0.2, 0.25) is 11.8 Å². The van der Waals surface area contributed by atoms with Crippen molar-refractivity contribution in [3.8, 4) is 0 Å². The lowest BCUT2D eigenvalue weighted by Gasteiger charge is -2.10. The van der Waals surface area contributed by atoms with Gasteiger partial charge in [0.1, 0.15) is 0 Å². The summed E-state index contributed by atoms with van der Waals surface area (Å²) in [5.74, 6) is -0.402. The molecule has 0 spiro atoms.